The Labute approximate surface area is 129 Å². The molecule has 0 aliphatic carbocycles. The topological polar surface area (TPSA) is 107 Å². The number of carbonyl (C=O) groups is 1. The van der Waals surface area contributed by atoms with Crippen LogP contribution < -0.4 is 9.62 Å². The lowest BCUT2D eigenvalue weighted by molar-refractivity contribution is -0.119. The lowest BCUT2D eigenvalue weighted by atomic mass is 10.0. The number of nitrogens with one attached hydrogen (secondary N) is 1. The third-order valence-electron chi connectivity index (χ3n) is 3.52. The molecule has 7 nitrogen and oxygen atoms in total. The van der Waals surface area contributed by atoms with Crippen LogP contribution >= 0.6 is 0 Å². The quantitative estimate of drug-likeness (QED) is 0.691. The molecule has 0 spiro atoms. The van der Waals surface area contributed by atoms with Crippen molar-refractivity contribution < 1.29 is 23.4 Å². The van der Waals surface area contributed by atoms with E-state index in [1.54, 1.807) is 24.3 Å². The second-order valence-corrected chi connectivity index (χ2v) is 7.30. The van der Waals surface area contributed by atoms with Crippen molar-refractivity contribution in [1.29, 1.82) is 0 Å². The summed E-state index contributed by atoms with van der Waals surface area (Å²) in [6, 6.07) is 6.44. The van der Waals surface area contributed by atoms with Gasteiger partial charge in [0, 0.05) is 20.0 Å². The van der Waals surface area contributed by atoms with Crippen LogP contribution in [0, 0.1) is 0 Å². The van der Waals surface area contributed by atoms with E-state index in [9.17, 15) is 23.4 Å². The highest BCUT2D eigenvalue weighted by Gasteiger charge is 2.29. The zero-order valence-corrected chi connectivity index (χ0v) is 13.1. The summed E-state index contributed by atoms with van der Waals surface area (Å²) < 4.78 is 25.2. The third kappa shape index (κ3) is 3.76. The smallest absolute Gasteiger partial charge is 0.235 e. The number of hydrogen-bond acceptors (Lipinski definition) is 5. The van der Waals surface area contributed by atoms with Gasteiger partial charge in [0.25, 0.3) is 0 Å². The van der Waals surface area contributed by atoms with E-state index in [0.29, 0.717) is 24.2 Å². The van der Waals surface area contributed by atoms with Crippen molar-refractivity contribution in [3.8, 4) is 0 Å². The van der Waals surface area contributed by atoms with Crippen molar-refractivity contribution in [2.75, 3.05) is 23.1 Å². The molecule has 1 amide bonds. The number of carbonyl (C=O) groups excluding carboxylic acids is 1. The Morgan fingerprint density at radius 1 is 1.41 bits per heavy atom. The Kier molecular flexibility index (Phi) is 5.05. The van der Waals surface area contributed by atoms with Crippen LogP contribution in [0.3, 0.4) is 0 Å². The van der Waals surface area contributed by atoms with E-state index in [1.807, 2.05) is 0 Å². The first-order chi connectivity index (χ1) is 10.3. The van der Waals surface area contributed by atoms with Crippen molar-refractivity contribution >= 4 is 21.6 Å². The highest BCUT2D eigenvalue weighted by Crippen LogP contribution is 2.27. The largest absolute Gasteiger partial charge is 0.388 e. The van der Waals surface area contributed by atoms with Crippen LogP contribution in [0.25, 0.3) is 0 Å². The fraction of sp³-hybridized carbons (Fsp3) is 0.500. The van der Waals surface area contributed by atoms with E-state index in [2.05, 4.69) is 5.32 Å². The maximum absolute atomic E-state index is 11.9. The van der Waals surface area contributed by atoms with Crippen LogP contribution in [0.4, 0.5) is 5.69 Å². The van der Waals surface area contributed by atoms with Crippen LogP contribution in [0.15, 0.2) is 24.3 Å². The van der Waals surface area contributed by atoms with Crippen LogP contribution in [-0.2, 0) is 14.8 Å². The maximum Gasteiger partial charge on any atom is 0.235 e. The first kappa shape index (κ1) is 16.7. The summed E-state index contributed by atoms with van der Waals surface area (Å²) in [6.45, 7) is 1.65. The summed E-state index contributed by atoms with van der Waals surface area (Å²) in [7, 11) is -3.29. The van der Waals surface area contributed by atoms with Gasteiger partial charge in [-0.15, -0.1) is 0 Å². The van der Waals surface area contributed by atoms with Gasteiger partial charge in [-0.2, -0.15) is 0 Å². The lowest BCUT2D eigenvalue weighted by Gasteiger charge is -2.21. The molecule has 2 rings (SSSR count). The molecule has 0 aromatic heterocycles. The van der Waals surface area contributed by atoms with Gasteiger partial charge in [-0.3, -0.25) is 9.10 Å². The number of sulfonamides is 1. The van der Waals surface area contributed by atoms with E-state index in [-0.39, 0.29) is 18.2 Å². The number of amides is 1. The minimum Gasteiger partial charge on any atom is -0.388 e. The number of benzene rings is 1. The fourth-order valence-electron chi connectivity index (χ4n) is 2.38. The van der Waals surface area contributed by atoms with Gasteiger partial charge >= 0.3 is 0 Å². The Bertz CT molecular complexity index is 646. The molecule has 2 unspecified atom stereocenters. The van der Waals surface area contributed by atoms with Crippen LogP contribution in [0.1, 0.15) is 25.0 Å². The SMILES string of the molecule is CC(=O)NCC(O)C(O)c1cccc(N2CCCS2(=O)=O)c1. The van der Waals surface area contributed by atoms with E-state index in [1.165, 1.54) is 11.2 Å². The van der Waals surface area contributed by atoms with Crippen LogP contribution in [-0.4, -0.2) is 49.5 Å². The molecular formula is C14H20N2O5S. The molecule has 1 aromatic rings. The molecule has 22 heavy (non-hydrogen) atoms. The Balaban J connectivity index is 2.16. The Morgan fingerprint density at radius 3 is 2.73 bits per heavy atom. The zero-order valence-electron chi connectivity index (χ0n) is 12.3. The number of aliphatic hydroxyl groups excluding tert-OH is 2. The molecule has 1 aromatic carbocycles. The normalized spacial score (nSPS) is 19.7. The van der Waals surface area contributed by atoms with Crippen molar-refractivity contribution in [3.05, 3.63) is 29.8 Å². The number of rotatable bonds is 5. The summed E-state index contributed by atoms with van der Waals surface area (Å²) in [5, 5.41) is 22.4. The van der Waals surface area contributed by atoms with Crippen LogP contribution in [0.2, 0.25) is 0 Å². The molecule has 1 saturated heterocycles. The summed E-state index contributed by atoms with van der Waals surface area (Å²) in [5.41, 5.74) is 0.873. The number of nitrogens with zero attached hydrogens (tertiary/aromatic N) is 1. The van der Waals surface area contributed by atoms with E-state index < -0.39 is 22.2 Å². The molecular weight excluding hydrogens is 308 g/mol. The van der Waals surface area contributed by atoms with Crippen LogP contribution in [0.5, 0.6) is 0 Å². The predicted octanol–water partition coefficient (Wildman–Crippen LogP) is -0.243. The highest BCUT2D eigenvalue weighted by molar-refractivity contribution is 7.93. The highest BCUT2D eigenvalue weighted by atomic mass is 32.2. The van der Waals surface area contributed by atoms with Gasteiger partial charge < -0.3 is 15.5 Å². The summed E-state index contributed by atoms with van der Waals surface area (Å²) in [6.07, 6.45) is -1.81. The van der Waals surface area contributed by atoms with Gasteiger partial charge in [-0.05, 0) is 24.1 Å². The average Bonchev–Trinajstić information content (AvgIpc) is 2.83. The zero-order chi connectivity index (χ0) is 16.3. The second-order valence-electron chi connectivity index (χ2n) is 5.29. The summed E-state index contributed by atoms with van der Waals surface area (Å²) in [5.74, 6) is -0.187. The molecule has 1 aliphatic rings. The molecule has 0 saturated carbocycles. The number of hydrogen-bond donors (Lipinski definition) is 3. The fourth-order valence-corrected chi connectivity index (χ4v) is 3.93. The monoisotopic (exact) mass is 328 g/mol. The van der Waals surface area contributed by atoms with Gasteiger partial charge in [-0.1, -0.05) is 12.1 Å². The second kappa shape index (κ2) is 6.64. The first-order valence-electron chi connectivity index (χ1n) is 7.02. The molecule has 1 fully saturated rings. The minimum absolute atomic E-state index is 0.0806. The standard InChI is InChI=1S/C14H20N2O5S/c1-10(17)15-9-13(18)14(19)11-4-2-5-12(8-11)16-6-3-7-22(16,20)21/h2,4-5,8,13-14,18-19H,3,6-7,9H2,1H3,(H,15,17). The maximum atomic E-state index is 11.9. The molecule has 0 bridgehead atoms. The molecule has 1 aliphatic heterocycles. The molecule has 3 N–H and O–H groups in total. The Morgan fingerprint density at radius 2 is 2.14 bits per heavy atom. The average molecular weight is 328 g/mol. The Hall–Kier alpha value is -1.64. The predicted molar refractivity (Wildman–Crippen MR) is 81.8 cm³/mol. The molecule has 1 heterocycles. The van der Waals surface area contributed by atoms with Crippen molar-refractivity contribution in [2.45, 2.75) is 25.6 Å². The molecule has 2 atom stereocenters. The number of aliphatic hydroxyl groups is 2. The van der Waals surface area contributed by atoms with Crippen molar-refractivity contribution in [3.63, 3.8) is 0 Å². The molecule has 8 heteroatoms. The van der Waals surface area contributed by atoms with Crippen molar-refractivity contribution in [2.24, 2.45) is 0 Å². The van der Waals surface area contributed by atoms with E-state index >= 15 is 0 Å². The third-order valence-corrected chi connectivity index (χ3v) is 5.39. The lowest BCUT2D eigenvalue weighted by Crippen LogP contribution is -2.34. The van der Waals surface area contributed by atoms with Gasteiger partial charge in [0.15, 0.2) is 0 Å². The summed E-state index contributed by atoms with van der Waals surface area (Å²) >= 11 is 0. The molecule has 122 valence electrons. The van der Waals surface area contributed by atoms with Gasteiger partial charge in [0.05, 0.1) is 11.4 Å². The number of anilines is 1. The van der Waals surface area contributed by atoms with E-state index in [4.69, 9.17) is 0 Å². The van der Waals surface area contributed by atoms with E-state index in [0.717, 1.165) is 0 Å². The minimum atomic E-state index is -3.29. The van der Waals surface area contributed by atoms with Gasteiger partial charge in [-0.25, -0.2) is 8.42 Å². The van der Waals surface area contributed by atoms with Crippen molar-refractivity contribution in [1.82, 2.24) is 5.32 Å². The van der Waals surface area contributed by atoms with Gasteiger partial charge in [0.2, 0.25) is 15.9 Å². The first-order valence-corrected chi connectivity index (χ1v) is 8.63. The molecule has 0 radical (unpaired) electrons. The van der Waals surface area contributed by atoms with Gasteiger partial charge in [0.1, 0.15) is 12.2 Å². The summed E-state index contributed by atoms with van der Waals surface area (Å²) in [4.78, 5) is 10.8.